The van der Waals surface area contributed by atoms with Crippen molar-refractivity contribution in [3.63, 3.8) is 0 Å². The summed E-state index contributed by atoms with van der Waals surface area (Å²) in [5, 5.41) is 53.0. The number of carboxylic acids is 1. The number of aliphatic hydroxyl groups is 1. The molecule has 6 rings (SSSR count). The van der Waals surface area contributed by atoms with Crippen LogP contribution in [0, 0.1) is 11.8 Å². The first-order valence-corrected chi connectivity index (χ1v) is 40.7. The number of imidazole rings is 2. The topological polar surface area (TPSA) is 646 Å². The summed E-state index contributed by atoms with van der Waals surface area (Å²) in [7, 11) is 3.33. The first-order chi connectivity index (χ1) is 52.6. The van der Waals surface area contributed by atoms with E-state index in [-0.39, 0.29) is 75.4 Å². The van der Waals surface area contributed by atoms with Gasteiger partial charge in [-0.3, -0.25) is 86.3 Å². The predicted molar refractivity (Wildman–Crippen MR) is 401 cm³/mol. The van der Waals surface area contributed by atoms with Crippen LogP contribution in [0.4, 0.5) is 0 Å². The molecule has 42 nitrogen and oxygen atoms in total. The highest BCUT2D eigenvalue weighted by Gasteiger charge is 2.44. The maximum Gasteiger partial charge on any atom is 0.303 e. The Hall–Kier alpha value is -9.80. The van der Waals surface area contributed by atoms with Gasteiger partial charge in [0.05, 0.1) is 32.2 Å². The maximum atomic E-state index is 14.9. The van der Waals surface area contributed by atoms with Gasteiger partial charge < -0.3 is 116 Å². The van der Waals surface area contributed by atoms with Crippen molar-refractivity contribution in [2.45, 2.75) is 196 Å². The molecule has 17 amide bonds. The molecule has 0 unspecified atom stereocenters. The zero-order valence-electron chi connectivity index (χ0n) is 61.7. The number of hydrogen-bond donors (Lipinski definition) is 20. The van der Waals surface area contributed by atoms with Crippen LogP contribution < -0.4 is 86.3 Å². The summed E-state index contributed by atoms with van der Waals surface area (Å²) < 4.78 is 0. The lowest BCUT2D eigenvalue weighted by molar-refractivity contribution is -0.143. The molecule has 4 fully saturated rings. The van der Waals surface area contributed by atoms with Gasteiger partial charge in [0.15, 0.2) is 0 Å². The van der Waals surface area contributed by atoms with Crippen molar-refractivity contribution < 1.29 is 96.5 Å². The number of rotatable bonds is 16. The van der Waals surface area contributed by atoms with Gasteiger partial charge in [-0.1, -0.05) is 70.9 Å². The largest absolute Gasteiger partial charge is 0.481 e. The van der Waals surface area contributed by atoms with Gasteiger partial charge in [0.25, 0.3) is 0 Å². The molecule has 4 aliphatic rings. The number of aliphatic carboxylic acids is 1. The van der Waals surface area contributed by atoms with Crippen LogP contribution in [-0.2, 0) is 99.1 Å². The molecule has 4 aliphatic heterocycles. The lowest BCUT2D eigenvalue weighted by Gasteiger charge is -2.31. The smallest absolute Gasteiger partial charge is 0.303 e. The highest BCUT2D eigenvalue weighted by atomic mass is 33.1. The number of aliphatic hydroxyl groups excluding tert-OH is 1. The number of nitrogens with two attached hydrogens (primary N) is 3. The minimum absolute atomic E-state index is 0.00467. The number of carboxylic acid groups (broad SMARTS) is 1. The molecule has 2 aromatic heterocycles. The molecule has 46 heteroatoms. The fourth-order valence-corrected chi connectivity index (χ4v) is 16.6. The Labute approximate surface area is 652 Å². The molecule has 0 saturated carbocycles. The van der Waals surface area contributed by atoms with Crippen molar-refractivity contribution >= 4 is 150 Å². The minimum atomic E-state index is -1.94. The number of hydrogen-bond acceptors (Lipinski definition) is 26. The normalized spacial score (nSPS) is 28.1. The van der Waals surface area contributed by atoms with Crippen molar-refractivity contribution in [3.05, 3.63) is 36.4 Å². The van der Waals surface area contributed by atoms with Crippen molar-refractivity contribution in [1.29, 1.82) is 0 Å². The molecule has 4 saturated heterocycles. The molecule has 111 heavy (non-hydrogen) atoms. The number of aromatic nitrogens is 4. The van der Waals surface area contributed by atoms with Crippen LogP contribution >= 0.6 is 43.2 Å². The zero-order valence-corrected chi connectivity index (χ0v) is 65.0. The Kier molecular flexibility index (Phi) is 35.5. The molecule has 6 heterocycles. The number of fused-ring (bicyclic) bond motifs is 10. The van der Waals surface area contributed by atoms with Crippen LogP contribution in [-0.4, -0.2) is 286 Å². The molecular formula is C65H98N22O20S4. The zero-order chi connectivity index (χ0) is 81.9. The number of nitrogens with zero attached hydrogens (tertiary/aromatic N) is 4. The molecule has 2 bridgehead atoms. The Bertz CT molecular complexity index is 3690. The maximum absolute atomic E-state index is 14.9. The third kappa shape index (κ3) is 27.6. The van der Waals surface area contributed by atoms with Gasteiger partial charge in [-0.05, 0) is 64.2 Å². The standard InChI is InChI=1S/C65H98N22O20S4/c1-29(2)15-36-55(97)82-41(51(68)93)23-108-110-25-43-58(100)73-31(5)52(94)79-38(16-33-20-69-27-71-33)64(106)86-13-7-9-45(86)61(103)74-32(6)53(95)83-44(26-111-109-24-42(59(101)84-43)75-48(90)19-66)60(102)81-40(22-88)57(99)85-50(30(3)4)63(105)78-37(18-47(67)89)56(98)80-39(17-34-21-70-28-72-34)65(107)87-14-8-10-46(87)62(104)76-35(54(96)77-36)11-12-49(91)92/h20-21,27-32,35-46,50,88H,7-19,22-26,66H2,1-6H3,(H2,67,89)(H2,68,93)(H,69,71)(H,70,72)(H,73,100)(H,74,103)(H,75,90)(H,76,104)(H,77,96)(H,78,105)(H,79,94)(H,80,98)(H,81,102)(H,82,97)(H,83,95)(H,84,101)(H,85,99)(H,91,92)/t31-,32-,35-,36-,37-,38-,39-,40-,41-,42-,43-,44-,45-,46-,50-/m0/s1. The van der Waals surface area contributed by atoms with Crippen molar-refractivity contribution in [2.75, 3.05) is 49.3 Å². The summed E-state index contributed by atoms with van der Waals surface area (Å²) in [4.78, 5) is 269. The van der Waals surface area contributed by atoms with E-state index < -0.39 is 253 Å². The van der Waals surface area contributed by atoms with Crippen LogP contribution in [0.1, 0.15) is 104 Å². The van der Waals surface area contributed by atoms with E-state index in [9.17, 15) is 96.5 Å². The summed E-state index contributed by atoms with van der Waals surface area (Å²) >= 11 is 0. The predicted octanol–water partition coefficient (Wildman–Crippen LogP) is -8.09. The molecule has 23 N–H and O–H groups in total. The molecule has 612 valence electrons. The van der Waals surface area contributed by atoms with E-state index in [1.165, 1.54) is 57.6 Å². The summed E-state index contributed by atoms with van der Waals surface area (Å²) in [5.41, 5.74) is 17.7. The summed E-state index contributed by atoms with van der Waals surface area (Å²) in [6.07, 6.45) is 2.90. The number of nitrogens with one attached hydrogen (secondary N) is 15. The van der Waals surface area contributed by atoms with Gasteiger partial charge in [0.1, 0.15) is 90.6 Å². The number of aromatic amines is 2. The van der Waals surface area contributed by atoms with Crippen LogP contribution in [0.2, 0.25) is 0 Å². The van der Waals surface area contributed by atoms with E-state index in [0.717, 1.165) is 48.1 Å². The second kappa shape index (κ2) is 43.7. The highest BCUT2D eigenvalue weighted by Crippen LogP contribution is 2.27. The van der Waals surface area contributed by atoms with E-state index in [1.54, 1.807) is 13.8 Å². The van der Waals surface area contributed by atoms with Crippen LogP contribution in [0.25, 0.3) is 0 Å². The second-order valence-electron chi connectivity index (χ2n) is 27.5. The Morgan fingerprint density at radius 2 is 0.982 bits per heavy atom. The Balaban J connectivity index is 1.44. The third-order valence-electron chi connectivity index (χ3n) is 18.0. The lowest BCUT2D eigenvalue weighted by atomic mass is 10.0. The van der Waals surface area contributed by atoms with E-state index in [1.807, 2.05) is 0 Å². The summed E-state index contributed by atoms with van der Waals surface area (Å²) in [5.74, 6) is -21.6. The Morgan fingerprint density at radius 1 is 0.532 bits per heavy atom. The van der Waals surface area contributed by atoms with Gasteiger partial charge in [-0.15, -0.1) is 0 Å². The first-order valence-electron chi connectivity index (χ1n) is 35.7. The van der Waals surface area contributed by atoms with E-state index in [4.69, 9.17) is 17.2 Å². The fraction of sp³-hybridized carbons (Fsp3) is 0.631. The van der Waals surface area contributed by atoms with E-state index in [0.29, 0.717) is 5.69 Å². The molecule has 0 radical (unpaired) electrons. The number of amides is 17. The van der Waals surface area contributed by atoms with Gasteiger partial charge in [-0.2, -0.15) is 0 Å². The molecule has 0 spiro atoms. The molecule has 0 aromatic carbocycles. The molecule has 0 aliphatic carbocycles. The second-order valence-corrected chi connectivity index (χ2v) is 32.6. The summed E-state index contributed by atoms with van der Waals surface area (Å²) in [6, 6.07) is -23.8. The lowest BCUT2D eigenvalue weighted by Crippen LogP contribution is -2.62. The fourth-order valence-electron chi connectivity index (χ4n) is 12.0. The number of primary amides is 2. The monoisotopic (exact) mass is 1630 g/mol. The van der Waals surface area contributed by atoms with Crippen LogP contribution in [0.5, 0.6) is 0 Å². The van der Waals surface area contributed by atoms with Gasteiger partial charge in [0.2, 0.25) is 100 Å². The van der Waals surface area contributed by atoms with Gasteiger partial charge in [0, 0.05) is 79.1 Å². The number of carbonyl (C=O) groups excluding carboxylic acids is 17. The van der Waals surface area contributed by atoms with Crippen LogP contribution in [0.15, 0.2) is 25.0 Å². The highest BCUT2D eigenvalue weighted by molar-refractivity contribution is 8.77. The Morgan fingerprint density at radius 3 is 1.49 bits per heavy atom. The minimum Gasteiger partial charge on any atom is -0.481 e. The van der Waals surface area contributed by atoms with Gasteiger partial charge in [-0.25, -0.2) is 9.97 Å². The van der Waals surface area contributed by atoms with E-state index in [2.05, 4.69) is 89.1 Å². The van der Waals surface area contributed by atoms with Crippen molar-refractivity contribution in [1.82, 2.24) is 98.9 Å². The molecule has 2 aromatic rings. The summed E-state index contributed by atoms with van der Waals surface area (Å²) in [6.45, 7) is 6.87. The third-order valence-corrected chi connectivity index (χ3v) is 22.8. The quantitative estimate of drug-likeness (QED) is 0.0694. The SMILES string of the molecule is CC(C)C[C@@H]1NC(=O)[C@H](CCC(=O)O)NC(=O)[C@@H]2CCCN2C(=O)[C@H](Cc2cnc[nH]2)NC(=O)[C@H](CC(N)=O)NC(=O)[C@H](C(C)C)NC(=O)[C@H](CO)NC(=O)[C@@H]2CSSC[C@H](NC(=O)CN)C(=O)N[C@@H](CSSC[C@@H](C(N)=O)NC1=O)C(=O)N[C@@H](C)C(=O)N[C@@H](Cc1cnc[nH]1)C(=O)N1CCC[C@H]1C(=O)N[C@@H](C)C(=O)N2. The first kappa shape index (κ1) is 90.1. The van der Waals surface area contributed by atoms with Gasteiger partial charge >= 0.3 is 5.97 Å². The number of carbonyl (C=O) groups is 18. The molecule has 15 atom stereocenters. The van der Waals surface area contributed by atoms with Crippen molar-refractivity contribution in [2.24, 2.45) is 29.0 Å². The van der Waals surface area contributed by atoms with Crippen molar-refractivity contribution in [3.8, 4) is 0 Å². The van der Waals surface area contributed by atoms with Crippen LogP contribution in [0.3, 0.4) is 0 Å². The average molecular weight is 1640 g/mol. The molecular weight excluding hydrogens is 1540 g/mol. The van der Waals surface area contributed by atoms with E-state index >= 15 is 0 Å². The number of H-pyrrole nitrogens is 2. The average Bonchev–Trinajstić information content (AvgIpc) is 1.72.